The van der Waals surface area contributed by atoms with Crippen LogP contribution in [0, 0.1) is 24.0 Å². The molecule has 0 bridgehead atoms. The Kier molecular flexibility index (Phi) is 6.91. The van der Waals surface area contributed by atoms with E-state index in [1.165, 1.54) is 6.07 Å². The zero-order valence-electron chi connectivity index (χ0n) is 19.6. The van der Waals surface area contributed by atoms with Crippen LogP contribution < -0.4 is 9.47 Å². The second-order valence-corrected chi connectivity index (χ2v) is 7.95. The SMILES string of the molecule is CCOc1cc(/C=C2\N=C(c3ccc(C)c([N+](=O)[O-])c3)OC2=O)ccc1OCc1ccccc1C. The van der Waals surface area contributed by atoms with Gasteiger partial charge in [-0.25, -0.2) is 9.79 Å². The molecule has 8 nitrogen and oxygen atoms in total. The first kappa shape index (κ1) is 23.7. The van der Waals surface area contributed by atoms with Gasteiger partial charge < -0.3 is 14.2 Å². The van der Waals surface area contributed by atoms with Crippen molar-refractivity contribution in [3.05, 3.63) is 104 Å². The molecule has 0 spiro atoms. The molecule has 1 heterocycles. The second kappa shape index (κ2) is 10.2. The number of rotatable bonds is 8. The molecule has 0 N–H and O–H groups in total. The van der Waals surface area contributed by atoms with E-state index in [1.807, 2.05) is 38.1 Å². The lowest BCUT2D eigenvalue weighted by molar-refractivity contribution is -0.385. The number of cyclic esters (lactones) is 1. The molecule has 3 aromatic carbocycles. The fourth-order valence-electron chi connectivity index (χ4n) is 3.56. The first-order chi connectivity index (χ1) is 16.9. The molecule has 0 saturated carbocycles. The van der Waals surface area contributed by atoms with Crippen LogP contribution in [0.15, 0.2) is 71.4 Å². The molecule has 0 unspecified atom stereocenters. The Morgan fingerprint density at radius 1 is 1.00 bits per heavy atom. The van der Waals surface area contributed by atoms with Crippen molar-refractivity contribution in [2.75, 3.05) is 6.61 Å². The highest BCUT2D eigenvalue weighted by Crippen LogP contribution is 2.31. The molecule has 0 aliphatic carbocycles. The predicted octanol–water partition coefficient (Wildman–Crippen LogP) is 5.53. The minimum absolute atomic E-state index is 0.0209. The van der Waals surface area contributed by atoms with Gasteiger partial charge in [0, 0.05) is 17.2 Å². The second-order valence-electron chi connectivity index (χ2n) is 7.95. The summed E-state index contributed by atoms with van der Waals surface area (Å²) in [6, 6.07) is 17.9. The maximum absolute atomic E-state index is 12.4. The number of nitro groups is 1. The quantitative estimate of drug-likeness (QED) is 0.185. The minimum atomic E-state index is -0.638. The Morgan fingerprint density at radius 3 is 2.54 bits per heavy atom. The van der Waals surface area contributed by atoms with Gasteiger partial charge in [0.1, 0.15) is 6.61 Å². The molecule has 1 aliphatic heterocycles. The third kappa shape index (κ3) is 5.38. The largest absolute Gasteiger partial charge is 0.490 e. The molecule has 0 amide bonds. The van der Waals surface area contributed by atoms with Gasteiger partial charge in [0.25, 0.3) is 5.69 Å². The summed E-state index contributed by atoms with van der Waals surface area (Å²) in [5.74, 6) is 0.510. The molecule has 178 valence electrons. The predicted molar refractivity (Wildman–Crippen MR) is 132 cm³/mol. The number of hydrogen-bond acceptors (Lipinski definition) is 7. The Bertz CT molecular complexity index is 1360. The van der Waals surface area contributed by atoms with Crippen molar-refractivity contribution in [3.8, 4) is 11.5 Å². The van der Waals surface area contributed by atoms with Crippen molar-refractivity contribution in [1.82, 2.24) is 0 Å². The van der Waals surface area contributed by atoms with E-state index in [0.29, 0.717) is 41.4 Å². The molecule has 4 rings (SSSR count). The molecular weight excluding hydrogens is 448 g/mol. The van der Waals surface area contributed by atoms with Crippen LogP contribution in [0.1, 0.15) is 34.7 Å². The van der Waals surface area contributed by atoms with Crippen LogP contribution in [-0.2, 0) is 16.1 Å². The van der Waals surface area contributed by atoms with Crippen molar-refractivity contribution in [2.24, 2.45) is 4.99 Å². The summed E-state index contributed by atoms with van der Waals surface area (Å²) < 4.78 is 17.0. The standard InChI is InChI=1S/C27H24N2O6/c1-4-33-25-14-19(10-12-24(25)34-16-21-8-6-5-7-17(21)2)13-22-27(30)35-26(28-22)20-11-9-18(3)23(15-20)29(31)32/h5-15H,4,16H2,1-3H3/b22-13-. The summed E-state index contributed by atoms with van der Waals surface area (Å²) >= 11 is 0. The molecule has 3 aromatic rings. The van der Waals surface area contributed by atoms with E-state index < -0.39 is 10.9 Å². The summed E-state index contributed by atoms with van der Waals surface area (Å²) in [6.07, 6.45) is 1.57. The molecule has 0 saturated heterocycles. The van der Waals surface area contributed by atoms with E-state index in [1.54, 1.807) is 43.3 Å². The zero-order chi connectivity index (χ0) is 24.9. The van der Waals surface area contributed by atoms with Gasteiger partial charge in [0.2, 0.25) is 5.90 Å². The van der Waals surface area contributed by atoms with Crippen LogP contribution in [0.4, 0.5) is 5.69 Å². The smallest absolute Gasteiger partial charge is 0.363 e. The Hall–Kier alpha value is -4.46. The van der Waals surface area contributed by atoms with Gasteiger partial charge in [-0.3, -0.25) is 10.1 Å². The molecule has 35 heavy (non-hydrogen) atoms. The number of carbonyl (C=O) groups is 1. The van der Waals surface area contributed by atoms with Gasteiger partial charge in [-0.15, -0.1) is 0 Å². The van der Waals surface area contributed by atoms with E-state index in [4.69, 9.17) is 14.2 Å². The van der Waals surface area contributed by atoms with Crippen molar-refractivity contribution in [1.29, 1.82) is 0 Å². The van der Waals surface area contributed by atoms with Crippen molar-refractivity contribution in [2.45, 2.75) is 27.4 Å². The summed E-state index contributed by atoms with van der Waals surface area (Å²) in [5, 5.41) is 11.2. The van der Waals surface area contributed by atoms with Crippen LogP contribution in [0.5, 0.6) is 11.5 Å². The Labute approximate surface area is 202 Å². The number of aliphatic imine (C=N–C) groups is 1. The number of nitro benzene ring substituents is 1. The zero-order valence-corrected chi connectivity index (χ0v) is 19.6. The fraction of sp³-hybridized carbons (Fsp3) is 0.185. The summed E-state index contributed by atoms with van der Waals surface area (Å²) in [4.78, 5) is 27.4. The lowest BCUT2D eigenvalue weighted by atomic mass is 10.1. The molecular formula is C27H24N2O6. The number of benzene rings is 3. The maximum atomic E-state index is 12.4. The highest BCUT2D eigenvalue weighted by molar-refractivity contribution is 6.13. The molecule has 8 heteroatoms. The lowest BCUT2D eigenvalue weighted by Crippen LogP contribution is -2.06. The number of ether oxygens (including phenoxy) is 3. The highest BCUT2D eigenvalue weighted by Gasteiger charge is 2.26. The molecule has 0 fully saturated rings. The van der Waals surface area contributed by atoms with Gasteiger partial charge in [0.15, 0.2) is 17.2 Å². The minimum Gasteiger partial charge on any atom is -0.490 e. The molecule has 1 aliphatic rings. The molecule has 0 atom stereocenters. The van der Waals surface area contributed by atoms with Crippen molar-refractivity contribution in [3.63, 3.8) is 0 Å². The van der Waals surface area contributed by atoms with Gasteiger partial charge in [-0.1, -0.05) is 36.4 Å². The number of nitrogens with zero attached hydrogens (tertiary/aromatic N) is 2. The highest BCUT2D eigenvalue weighted by atomic mass is 16.6. The van der Waals surface area contributed by atoms with Gasteiger partial charge >= 0.3 is 5.97 Å². The third-order valence-electron chi connectivity index (χ3n) is 5.49. The Balaban J connectivity index is 1.59. The van der Waals surface area contributed by atoms with Crippen LogP contribution in [0.3, 0.4) is 0 Å². The normalized spacial score (nSPS) is 14.0. The first-order valence-electron chi connectivity index (χ1n) is 11.1. The number of carbonyl (C=O) groups excluding carboxylic acids is 1. The van der Waals surface area contributed by atoms with E-state index in [2.05, 4.69) is 4.99 Å². The van der Waals surface area contributed by atoms with E-state index in [0.717, 1.165) is 11.1 Å². The van der Waals surface area contributed by atoms with Crippen molar-refractivity contribution >= 4 is 23.6 Å². The van der Waals surface area contributed by atoms with Crippen molar-refractivity contribution < 1.29 is 23.9 Å². The third-order valence-corrected chi connectivity index (χ3v) is 5.49. The van der Waals surface area contributed by atoms with Gasteiger partial charge in [-0.2, -0.15) is 0 Å². The molecule has 0 aromatic heterocycles. The molecule has 0 radical (unpaired) electrons. The van der Waals surface area contributed by atoms with E-state index in [-0.39, 0.29) is 17.3 Å². The number of esters is 1. The van der Waals surface area contributed by atoms with E-state index >= 15 is 0 Å². The first-order valence-corrected chi connectivity index (χ1v) is 11.1. The number of hydrogen-bond donors (Lipinski definition) is 0. The number of aryl methyl sites for hydroxylation is 2. The van der Waals surface area contributed by atoms with Crippen LogP contribution in [-0.4, -0.2) is 23.4 Å². The lowest BCUT2D eigenvalue weighted by Gasteiger charge is -2.13. The average molecular weight is 472 g/mol. The van der Waals surface area contributed by atoms with E-state index in [9.17, 15) is 14.9 Å². The monoisotopic (exact) mass is 472 g/mol. The average Bonchev–Trinajstić information content (AvgIpc) is 3.20. The van der Waals surface area contributed by atoms with Crippen LogP contribution >= 0.6 is 0 Å². The topological polar surface area (TPSA) is 100 Å². The fourth-order valence-corrected chi connectivity index (χ4v) is 3.56. The Morgan fingerprint density at radius 2 is 1.80 bits per heavy atom. The summed E-state index contributed by atoms with van der Waals surface area (Å²) in [5.41, 5.74) is 3.76. The summed E-state index contributed by atoms with van der Waals surface area (Å²) in [6.45, 7) is 6.39. The summed E-state index contributed by atoms with van der Waals surface area (Å²) in [7, 11) is 0. The van der Waals surface area contributed by atoms with Gasteiger partial charge in [-0.05, 0) is 61.7 Å². The van der Waals surface area contributed by atoms with Gasteiger partial charge in [0.05, 0.1) is 11.5 Å². The maximum Gasteiger partial charge on any atom is 0.363 e. The van der Waals surface area contributed by atoms with Crippen LogP contribution in [0.25, 0.3) is 6.08 Å². The van der Waals surface area contributed by atoms with Crippen LogP contribution in [0.2, 0.25) is 0 Å².